The van der Waals surface area contributed by atoms with Crippen molar-refractivity contribution in [1.82, 2.24) is 0 Å². The van der Waals surface area contributed by atoms with Crippen LogP contribution in [-0.4, -0.2) is 13.2 Å². The van der Waals surface area contributed by atoms with Crippen LogP contribution in [0.5, 0.6) is 0 Å². The van der Waals surface area contributed by atoms with Crippen LogP contribution in [0.4, 0.5) is 0 Å². The molecule has 19 heavy (non-hydrogen) atoms. The van der Waals surface area contributed by atoms with Crippen molar-refractivity contribution in [2.45, 2.75) is 52.4 Å². The molecule has 0 bridgehead atoms. The maximum atomic E-state index is 8.55. The molecule has 0 fully saturated rings. The van der Waals surface area contributed by atoms with Gasteiger partial charge in [0.15, 0.2) is 0 Å². The Hall–Kier alpha value is 4.98. The van der Waals surface area contributed by atoms with E-state index in [2.05, 4.69) is 13.8 Å². The third kappa shape index (κ3) is 60.0. The molecule has 0 saturated heterocycles. The molecule has 0 spiro atoms. The van der Waals surface area contributed by atoms with Crippen LogP contribution < -0.4 is 169 Å². The summed E-state index contributed by atoms with van der Waals surface area (Å²) < 4.78 is 14.0. The van der Waals surface area contributed by atoms with Crippen LogP contribution in [0.3, 0.4) is 0 Å². The zero-order valence-electron chi connectivity index (χ0n) is 13.1. The molecular weight excluding hydrogens is 348 g/mol. The minimum Gasteiger partial charge on any atom is -0.822 e. The Bertz CT molecular complexity index is 164. The number of phosphoric acid groups is 1. The summed E-state index contributed by atoms with van der Waals surface area (Å²) >= 11 is 0. The van der Waals surface area contributed by atoms with E-state index in [1.165, 1.54) is 38.5 Å². The van der Waals surface area contributed by atoms with Gasteiger partial charge in [-0.15, -0.1) is 0 Å². The quantitative estimate of drug-likeness (QED) is 0.240. The van der Waals surface area contributed by atoms with Crippen LogP contribution in [0.2, 0.25) is 0 Å². The van der Waals surface area contributed by atoms with Crippen LogP contribution in [-0.2, 0) is 9.30 Å². The van der Waals surface area contributed by atoms with Gasteiger partial charge in [-0.1, -0.05) is 39.5 Å². The first-order valence-electron chi connectivity index (χ1n) is 5.72. The number of unbranched alkanes of at least 4 members (excludes halogenated alkanes) is 4. The van der Waals surface area contributed by atoms with E-state index in [4.69, 9.17) is 24.0 Å². The van der Waals surface area contributed by atoms with Gasteiger partial charge >= 0.3 is 154 Å². The van der Waals surface area contributed by atoms with Crippen molar-refractivity contribution in [2.75, 3.05) is 13.2 Å². The Morgan fingerprint density at radius 1 is 0.789 bits per heavy atom. The summed E-state index contributed by atoms with van der Waals surface area (Å²) in [5.74, 6) is 0. The Balaban J connectivity index is -0.0000000717. The van der Waals surface area contributed by atoms with E-state index in [1.54, 1.807) is 0 Å². The first-order valence-corrected chi connectivity index (χ1v) is 7.18. The monoisotopic (exact) mass is 370 g/mol. The maximum absolute atomic E-state index is 8.55. The van der Waals surface area contributed by atoms with Gasteiger partial charge in [-0.05, 0) is 12.8 Å². The summed E-state index contributed by atoms with van der Waals surface area (Å²) in [6.45, 7) is 6.38. The first kappa shape index (κ1) is 35.2. The average molecular weight is 371 g/mol. The van der Waals surface area contributed by atoms with Gasteiger partial charge in [0.05, 0.1) is 0 Å². The van der Waals surface area contributed by atoms with Crippen molar-refractivity contribution >= 4 is 7.82 Å². The minimum absolute atomic E-state index is 0. The molecular formula is C10H22K3O5P. The fourth-order valence-electron chi connectivity index (χ4n) is 1.01. The van der Waals surface area contributed by atoms with E-state index >= 15 is 0 Å². The maximum Gasteiger partial charge on any atom is 1.00 e. The molecule has 100 valence electrons. The van der Waals surface area contributed by atoms with Crippen LogP contribution in [0.25, 0.3) is 0 Å². The van der Waals surface area contributed by atoms with E-state index in [9.17, 15) is 0 Å². The number of hydrogen-bond acceptors (Lipinski definition) is 5. The van der Waals surface area contributed by atoms with Crippen LogP contribution in [0.1, 0.15) is 52.4 Å². The second-order valence-electron chi connectivity index (χ2n) is 3.47. The molecule has 0 N–H and O–H groups in total. The van der Waals surface area contributed by atoms with Gasteiger partial charge in [0.2, 0.25) is 0 Å². The van der Waals surface area contributed by atoms with E-state index < -0.39 is 7.82 Å². The standard InChI is InChI=1S/C10H22O.3K.H3O4P/c1-3-5-7-9-11-10-8-6-4-2;;;;1-5(2,3)4/h3-10H2,1-2H3;;;;(H3,1,2,3,4)/q;3*+1;/p-3. The Kier molecular flexibility index (Phi) is 51.5. The molecule has 5 nitrogen and oxygen atoms in total. The van der Waals surface area contributed by atoms with Crippen LogP contribution >= 0.6 is 7.82 Å². The normalized spacial score (nSPS) is 9.11. The predicted molar refractivity (Wildman–Crippen MR) is 57.5 cm³/mol. The zero-order valence-corrected chi connectivity index (χ0v) is 23.4. The molecule has 0 radical (unpaired) electrons. The fraction of sp³-hybridized carbons (Fsp3) is 1.00. The molecule has 0 aromatic carbocycles. The molecule has 0 rings (SSSR count). The van der Waals surface area contributed by atoms with E-state index in [0.29, 0.717) is 0 Å². The van der Waals surface area contributed by atoms with E-state index in [1.807, 2.05) is 0 Å². The molecule has 0 aliphatic carbocycles. The molecule has 0 atom stereocenters. The first-order chi connectivity index (χ1) is 7.41. The van der Waals surface area contributed by atoms with Crippen molar-refractivity contribution in [3.05, 3.63) is 0 Å². The van der Waals surface area contributed by atoms with Gasteiger partial charge in [-0.3, -0.25) is 0 Å². The third-order valence-corrected chi connectivity index (χ3v) is 1.78. The van der Waals surface area contributed by atoms with Crippen molar-refractivity contribution < 1.29 is 178 Å². The van der Waals surface area contributed by atoms with Crippen LogP contribution in [0.15, 0.2) is 0 Å². The third-order valence-electron chi connectivity index (χ3n) is 1.78. The average Bonchev–Trinajstić information content (AvgIpc) is 2.14. The van der Waals surface area contributed by atoms with Crippen molar-refractivity contribution in [1.29, 1.82) is 0 Å². The SMILES string of the molecule is CCCCCOCCCCC.O=P([O-])([O-])[O-].[K+].[K+].[K+]. The Labute approximate surface area is 245 Å². The summed E-state index contributed by atoms with van der Waals surface area (Å²) in [5.41, 5.74) is 0. The minimum atomic E-state index is -5.39. The Morgan fingerprint density at radius 3 is 1.26 bits per heavy atom. The zero-order chi connectivity index (χ0) is 12.9. The molecule has 0 amide bonds. The van der Waals surface area contributed by atoms with Gasteiger partial charge in [0.25, 0.3) is 0 Å². The predicted octanol–water partition coefficient (Wildman–Crippen LogP) is -8.43. The largest absolute Gasteiger partial charge is 1.00 e. The molecule has 0 unspecified atom stereocenters. The second kappa shape index (κ2) is 27.8. The van der Waals surface area contributed by atoms with Gasteiger partial charge in [0.1, 0.15) is 0 Å². The smallest absolute Gasteiger partial charge is 0.822 e. The number of hydrogen-bond donors (Lipinski definition) is 0. The van der Waals surface area contributed by atoms with Gasteiger partial charge in [-0.25, -0.2) is 0 Å². The van der Waals surface area contributed by atoms with Gasteiger partial charge in [0, 0.05) is 13.2 Å². The molecule has 0 saturated carbocycles. The summed E-state index contributed by atoms with van der Waals surface area (Å²) in [6.07, 6.45) is 7.68. The van der Waals surface area contributed by atoms with Gasteiger partial charge in [-0.2, -0.15) is 7.82 Å². The number of ether oxygens (including phenoxy) is 1. The van der Waals surface area contributed by atoms with Crippen molar-refractivity contribution in [3.8, 4) is 0 Å². The topological polar surface area (TPSA) is 95.5 Å². The molecule has 0 aliphatic rings. The second-order valence-corrected chi connectivity index (χ2v) is 4.37. The molecule has 0 heterocycles. The summed E-state index contributed by atoms with van der Waals surface area (Å²) in [5, 5.41) is 0. The molecule has 0 aliphatic heterocycles. The van der Waals surface area contributed by atoms with Crippen molar-refractivity contribution in [3.63, 3.8) is 0 Å². The van der Waals surface area contributed by atoms with Crippen LogP contribution in [0, 0.1) is 0 Å². The molecule has 0 aromatic heterocycles. The van der Waals surface area contributed by atoms with E-state index in [-0.39, 0.29) is 154 Å². The Morgan fingerprint density at radius 2 is 1.05 bits per heavy atom. The summed E-state index contributed by atoms with van der Waals surface area (Å²) in [4.78, 5) is 25.6. The molecule has 0 aromatic rings. The van der Waals surface area contributed by atoms with E-state index in [0.717, 1.165) is 13.2 Å². The summed E-state index contributed by atoms with van der Waals surface area (Å²) in [6, 6.07) is 0. The number of rotatable bonds is 8. The summed E-state index contributed by atoms with van der Waals surface area (Å²) in [7, 11) is -5.39. The molecule has 9 heteroatoms. The fourth-order valence-corrected chi connectivity index (χ4v) is 1.01. The van der Waals surface area contributed by atoms with Gasteiger partial charge < -0.3 is 24.0 Å². The van der Waals surface area contributed by atoms with Crippen molar-refractivity contribution in [2.24, 2.45) is 0 Å².